The third-order valence-corrected chi connectivity index (χ3v) is 8.05. The number of anilines is 1. The molecule has 7 atom stereocenters. The highest BCUT2D eigenvalue weighted by atomic mass is 35.5. The number of nitrogens with zero attached hydrogens (tertiary/aromatic N) is 1. The number of allylic oxidation sites excluding steroid dienone is 3. The molecule has 0 spiro atoms. The summed E-state index contributed by atoms with van der Waals surface area (Å²) in [7, 11) is 4.51. The van der Waals surface area contributed by atoms with Crippen LogP contribution in [0.4, 0.5) is 5.69 Å². The Kier molecular flexibility index (Phi) is 9.85. The van der Waals surface area contributed by atoms with E-state index in [1.165, 1.54) is 19.1 Å². The highest BCUT2D eigenvalue weighted by Gasteiger charge is 2.61. The number of methoxy groups -OCH3 is 2. The predicted molar refractivity (Wildman–Crippen MR) is 147 cm³/mol. The first-order valence-corrected chi connectivity index (χ1v) is 13.1. The Morgan fingerprint density at radius 1 is 1.31 bits per heavy atom. The summed E-state index contributed by atoms with van der Waals surface area (Å²) in [5.74, 6) is -0.433. The van der Waals surface area contributed by atoms with Crippen molar-refractivity contribution in [2.75, 3.05) is 26.2 Å². The molecular weight excluding hydrogens is 528 g/mol. The van der Waals surface area contributed by atoms with Gasteiger partial charge in [-0.1, -0.05) is 42.3 Å². The number of halogens is 1. The van der Waals surface area contributed by atoms with Gasteiger partial charge in [-0.3, -0.25) is 9.59 Å². The molecule has 2 heterocycles. The lowest BCUT2D eigenvalue weighted by Crippen LogP contribution is -2.54. The molecule has 216 valence electrons. The van der Waals surface area contributed by atoms with Crippen LogP contribution < -0.4 is 15.4 Å². The van der Waals surface area contributed by atoms with Crippen molar-refractivity contribution in [2.45, 2.75) is 75.8 Å². The summed E-state index contributed by atoms with van der Waals surface area (Å²) < 4.78 is 22.1. The highest BCUT2D eigenvalue weighted by Crippen LogP contribution is 2.47. The molecule has 2 aliphatic rings. The van der Waals surface area contributed by atoms with Crippen molar-refractivity contribution >= 4 is 29.7 Å². The SMILES string of the molecule is COc1cc2cc(c1Cl)N(C)C(=O)CC(O)C1(C)OC1C(C)C(OC=O)CC(N)(O)C(OC)/C=C/C=C(\C)C2. The van der Waals surface area contributed by atoms with Crippen molar-refractivity contribution in [3.63, 3.8) is 0 Å². The minimum absolute atomic E-state index is 0.156. The Labute approximate surface area is 234 Å². The molecule has 1 aromatic rings. The second kappa shape index (κ2) is 12.4. The van der Waals surface area contributed by atoms with E-state index in [0.717, 1.165) is 11.1 Å². The lowest BCUT2D eigenvalue weighted by atomic mass is 9.84. The second-order valence-corrected chi connectivity index (χ2v) is 11.0. The number of carbonyl (C=O) groups excluding carboxylic acids is 2. The third-order valence-electron chi connectivity index (χ3n) is 7.67. The number of aliphatic hydroxyl groups excluding tert-OH is 1. The van der Waals surface area contributed by atoms with Gasteiger partial charge in [0.2, 0.25) is 5.91 Å². The molecule has 1 aromatic carbocycles. The molecule has 10 nitrogen and oxygen atoms in total. The molecule has 4 N–H and O–H groups in total. The van der Waals surface area contributed by atoms with Crippen LogP contribution in [0.2, 0.25) is 5.02 Å². The van der Waals surface area contributed by atoms with Crippen molar-refractivity contribution in [1.82, 2.24) is 0 Å². The summed E-state index contributed by atoms with van der Waals surface area (Å²) in [6.07, 6.45) is 1.82. The number of ether oxygens (including phenoxy) is 4. The summed E-state index contributed by atoms with van der Waals surface area (Å²) in [5.41, 5.74) is 5.54. The number of epoxide rings is 1. The lowest BCUT2D eigenvalue weighted by Gasteiger charge is -2.34. The minimum Gasteiger partial charge on any atom is -0.495 e. The molecule has 2 aliphatic heterocycles. The molecule has 0 aromatic heterocycles. The fourth-order valence-electron chi connectivity index (χ4n) is 5.12. The molecular formula is C28H39ClN2O8. The van der Waals surface area contributed by atoms with Gasteiger partial charge in [0.25, 0.3) is 6.47 Å². The molecule has 0 saturated carbocycles. The zero-order valence-corrected chi connectivity index (χ0v) is 24.0. The smallest absolute Gasteiger partial charge is 0.293 e. The van der Waals surface area contributed by atoms with E-state index in [-0.39, 0.29) is 30.2 Å². The molecule has 1 fully saturated rings. The highest BCUT2D eigenvalue weighted by molar-refractivity contribution is 6.35. The van der Waals surface area contributed by atoms with Crippen LogP contribution in [0.3, 0.4) is 0 Å². The number of hydrogen-bond acceptors (Lipinski definition) is 9. The van der Waals surface area contributed by atoms with E-state index in [9.17, 15) is 19.8 Å². The number of nitrogens with two attached hydrogens (primary N) is 1. The summed E-state index contributed by atoms with van der Waals surface area (Å²) in [5, 5.41) is 22.4. The van der Waals surface area contributed by atoms with Crippen molar-refractivity contribution in [2.24, 2.45) is 11.7 Å². The second-order valence-electron chi connectivity index (χ2n) is 10.6. The van der Waals surface area contributed by atoms with Gasteiger partial charge in [0.05, 0.1) is 31.4 Å². The van der Waals surface area contributed by atoms with Gasteiger partial charge in [0.1, 0.15) is 34.3 Å². The van der Waals surface area contributed by atoms with Gasteiger partial charge in [-0.15, -0.1) is 0 Å². The van der Waals surface area contributed by atoms with Crippen LogP contribution in [0.1, 0.15) is 39.2 Å². The van der Waals surface area contributed by atoms with Gasteiger partial charge in [0, 0.05) is 26.5 Å². The maximum Gasteiger partial charge on any atom is 0.293 e. The van der Waals surface area contributed by atoms with Crippen LogP contribution in [0.25, 0.3) is 0 Å². The lowest BCUT2D eigenvalue weighted by molar-refractivity contribution is -0.145. The van der Waals surface area contributed by atoms with E-state index in [1.54, 1.807) is 39.1 Å². The van der Waals surface area contributed by atoms with Gasteiger partial charge >= 0.3 is 0 Å². The molecule has 7 unspecified atom stereocenters. The number of fused-ring (bicyclic) bond motifs is 3. The van der Waals surface area contributed by atoms with Crippen molar-refractivity contribution in [3.8, 4) is 5.75 Å². The third kappa shape index (κ3) is 6.82. The van der Waals surface area contributed by atoms with E-state index < -0.39 is 41.7 Å². The first kappa shape index (κ1) is 31.1. The van der Waals surface area contributed by atoms with E-state index in [2.05, 4.69) is 0 Å². The molecule has 1 amide bonds. The zero-order valence-electron chi connectivity index (χ0n) is 23.2. The maximum absolute atomic E-state index is 13.3. The molecule has 2 bridgehead atoms. The summed E-state index contributed by atoms with van der Waals surface area (Å²) >= 11 is 6.57. The van der Waals surface area contributed by atoms with E-state index >= 15 is 0 Å². The number of rotatable bonds is 4. The largest absolute Gasteiger partial charge is 0.495 e. The number of hydrogen-bond donors (Lipinski definition) is 3. The average molecular weight is 567 g/mol. The number of benzene rings is 1. The van der Waals surface area contributed by atoms with Crippen LogP contribution in [-0.2, 0) is 30.2 Å². The van der Waals surface area contributed by atoms with Crippen LogP contribution in [0.15, 0.2) is 35.9 Å². The topological polar surface area (TPSA) is 144 Å². The quantitative estimate of drug-likeness (QED) is 0.284. The summed E-state index contributed by atoms with van der Waals surface area (Å²) in [4.78, 5) is 26.0. The van der Waals surface area contributed by atoms with Gasteiger partial charge in [0.15, 0.2) is 0 Å². The van der Waals surface area contributed by atoms with Crippen molar-refractivity contribution in [3.05, 3.63) is 46.5 Å². The Morgan fingerprint density at radius 2 is 2.00 bits per heavy atom. The van der Waals surface area contributed by atoms with E-state index in [4.69, 9.17) is 36.3 Å². The van der Waals surface area contributed by atoms with Crippen LogP contribution in [0, 0.1) is 5.92 Å². The minimum atomic E-state index is -1.89. The zero-order chi connectivity index (χ0) is 29.1. The Balaban J connectivity index is 2.05. The van der Waals surface area contributed by atoms with E-state index in [0.29, 0.717) is 17.9 Å². The average Bonchev–Trinajstić information content (AvgIpc) is 3.58. The number of aliphatic hydroxyl groups is 2. The van der Waals surface area contributed by atoms with E-state index in [1.807, 2.05) is 19.1 Å². The number of carbonyl (C=O) groups is 2. The molecule has 11 heteroatoms. The normalized spacial score (nSPS) is 36.4. The molecule has 3 rings (SSSR count). The molecule has 0 radical (unpaired) electrons. The Morgan fingerprint density at radius 3 is 2.62 bits per heavy atom. The maximum atomic E-state index is 13.3. The Hall–Kier alpha value is -2.47. The molecule has 39 heavy (non-hydrogen) atoms. The predicted octanol–water partition coefficient (Wildman–Crippen LogP) is 2.51. The fourth-order valence-corrected chi connectivity index (χ4v) is 5.44. The van der Waals surface area contributed by atoms with Crippen LogP contribution in [0.5, 0.6) is 5.75 Å². The monoisotopic (exact) mass is 566 g/mol. The fraction of sp³-hybridized carbons (Fsp3) is 0.571. The van der Waals surface area contributed by atoms with Crippen LogP contribution >= 0.6 is 11.6 Å². The molecule has 1 saturated heterocycles. The summed E-state index contributed by atoms with van der Waals surface area (Å²) in [6.45, 7) is 5.67. The van der Waals surface area contributed by atoms with Crippen molar-refractivity contribution < 1.29 is 38.7 Å². The first-order valence-electron chi connectivity index (χ1n) is 12.7. The first-order chi connectivity index (χ1) is 18.3. The molecule has 0 aliphatic carbocycles. The standard InChI is InChI=1S/C28H39ClN2O8/c1-16-8-7-9-23(37-6)28(30,35)14-21(38-15-32)17(2)26-27(3,39-26)22(33)13-24(34)31(4)19-11-18(10-16)12-20(36-5)25(19)29/h7-9,11-12,15,17,21-23,26,33,35H,10,13-14,30H2,1-6H3/b9-7+,16-8+. The van der Waals surface area contributed by atoms with Gasteiger partial charge in [-0.2, -0.15) is 0 Å². The van der Waals surface area contributed by atoms with Crippen molar-refractivity contribution in [1.29, 1.82) is 0 Å². The van der Waals surface area contributed by atoms with Crippen LogP contribution in [-0.4, -0.2) is 79.6 Å². The summed E-state index contributed by atoms with van der Waals surface area (Å²) in [6, 6.07) is 3.61. The van der Waals surface area contributed by atoms with Gasteiger partial charge in [-0.05, 0) is 38.0 Å². The van der Waals surface area contributed by atoms with Gasteiger partial charge < -0.3 is 39.8 Å². The number of amides is 1. The van der Waals surface area contributed by atoms with Gasteiger partial charge in [-0.25, -0.2) is 0 Å². The Bertz CT molecular complexity index is 1120.